The van der Waals surface area contributed by atoms with Gasteiger partial charge in [0, 0.05) is 31.7 Å². The summed E-state index contributed by atoms with van der Waals surface area (Å²) >= 11 is 0. The van der Waals surface area contributed by atoms with Crippen molar-refractivity contribution in [3.05, 3.63) is 82.4 Å². The van der Waals surface area contributed by atoms with Crippen molar-refractivity contribution in [2.75, 3.05) is 7.11 Å². The van der Waals surface area contributed by atoms with Crippen LogP contribution < -0.4 is 4.74 Å². The van der Waals surface area contributed by atoms with Crippen molar-refractivity contribution in [2.24, 2.45) is 7.05 Å². The van der Waals surface area contributed by atoms with Crippen LogP contribution in [0.5, 0.6) is 5.75 Å². The molecule has 1 aliphatic heterocycles. The third-order valence-electron chi connectivity index (χ3n) is 5.77. The topological polar surface area (TPSA) is 97.5 Å². The minimum atomic E-state index is -0.788. The molecule has 8 heteroatoms. The van der Waals surface area contributed by atoms with E-state index in [1.54, 1.807) is 69.3 Å². The maximum Gasteiger partial charge on any atom is 0.295 e. The number of carbonyl (C=O) groups is 2. The lowest BCUT2D eigenvalue weighted by Crippen LogP contribution is -2.29. The van der Waals surface area contributed by atoms with Gasteiger partial charge < -0.3 is 14.7 Å². The Hall–Kier alpha value is -3.94. The Morgan fingerprint density at radius 2 is 1.97 bits per heavy atom. The molecule has 0 radical (unpaired) electrons. The molecule has 0 spiro atoms. The average molecular weight is 432 g/mol. The molecule has 1 amide bonds. The number of nitrogens with zero attached hydrogens (tertiary/aromatic N) is 4. The molecule has 2 aromatic heterocycles. The van der Waals surface area contributed by atoms with E-state index in [1.807, 2.05) is 12.1 Å². The lowest BCUT2D eigenvalue weighted by atomic mass is 9.94. The van der Waals surface area contributed by atoms with E-state index in [9.17, 15) is 14.7 Å². The van der Waals surface area contributed by atoms with Gasteiger partial charge in [0.05, 0.1) is 30.0 Å². The summed E-state index contributed by atoms with van der Waals surface area (Å²) in [4.78, 5) is 31.9. The number of ether oxygens (including phenoxy) is 1. The maximum absolute atomic E-state index is 13.2. The highest BCUT2D eigenvalue weighted by Crippen LogP contribution is 2.41. The maximum atomic E-state index is 13.2. The van der Waals surface area contributed by atoms with E-state index in [-0.39, 0.29) is 17.9 Å². The molecule has 0 saturated carbocycles. The van der Waals surface area contributed by atoms with Crippen LogP contribution >= 0.6 is 0 Å². The molecule has 1 fully saturated rings. The molecule has 32 heavy (non-hydrogen) atoms. The number of pyridine rings is 1. The van der Waals surface area contributed by atoms with Gasteiger partial charge in [-0.2, -0.15) is 5.10 Å². The number of aliphatic hydroxyl groups excluding tert-OH is 1. The first kappa shape index (κ1) is 21.3. The second-order valence-electron chi connectivity index (χ2n) is 7.73. The molecule has 0 bridgehead atoms. The van der Waals surface area contributed by atoms with E-state index in [0.29, 0.717) is 28.3 Å². The van der Waals surface area contributed by atoms with E-state index < -0.39 is 17.7 Å². The second-order valence-corrected chi connectivity index (χ2v) is 7.73. The lowest BCUT2D eigenvalue weighted by molar-refractivity contribution is -0.140. The number of hydrogen-bond acceptors (Lipinski definition) is 6. The molecule has 1 aliphatic rings. The first-order valence-corrected chi connectivity index (χ1v) is 10.1. The molecular formula is C24H24N4O4. The van der Waals surface area contributed by atoms with Crippen LogP contribution in [0.1, 0.15) is 34.1 Å². The molecule has 1 N–H and O–H groups in total. The third-order valence-corrected chi connectivity index (χ3v) is 5.77. The number of Topliss-reactive ketones (excluding diaryl/α,β-unsaturated/α-hetero) is 1. The zero-order chi connectivity index (χ0) is 23.0. The number of aryl methyl sites for hydroxylation is 2. The summed E-state index contributed by atoms with van der Waals surface area (Å²) in [5, 5.41) is 15.7. The number of methoxy groups -OCH3 is 1. The quantitative estimate of drug-likeness (QED) is 0.378. The number of ketones is 1. The Morgan fingerprint density at radius 1 is 1.19 bits per heavy atom. The molecule has 3 aromatic rings. The van der Waals surface area contributed by atoms with Crippen LogP contribution in [0.2, 0.25) is 0 Å². The smallest absolute Gasteiger partial charge is 0.295 e. The molecule has 1 aromatic carbocycles. The standard InChI is InChI=1S/C24H24N4O4/c1-14-19(15(2)27(3)26-14)22(29)20-21(17-8-5-9-18(11-17)32-4)28(24(31)23(20)30)13-16-7-6-10-25-12-16/h5-12,21,29H,13H2,1-4H3/b22-20+. The van der Waals surface area contributed by atoms with Crippen LogP contribution in [-0.2, 0) is 23.2 Å². The summed E-state index contributed by atoms with van der Waals surface area (Å²) in [7, 11) is 3.31. The predicted molar refractivity (Wildman–Crippen MR) is 118 cm³/mol. The van der Waals surface area contributed by atoms with Crippen molar-refractivity contribution >= 4 is 17.4 Å². The summed E-state index contributed by atoms with van der Waals surface area (Å²) in [6, 6.07) is 9.98. The van der Waals surface area contributed by atoms with Gasteiger partial charge in [0.2, 0.25) is 0 Å². The van der Waals surface area contributed by atoms with Gasteiger partial charge in [0.1, 0.15) is 11.5 Å². The zero-order valence-electron chi connectivity index (χ0n) is 18.4. The van der Waals surface area contributed by atoms with Gasteiger partial charge in [-0.1, -0.05) is 18.2 Å². The molecule has 4 rings (SSSR count). The third kappa shape index (κ3) is 3.53. The SMILES string of the molecule is COc1cccc(C2/C(=C(\O)c3c(C)nn(C)c3C)C(=O)C(=O)N2Cc2cccnc2)c1. The van der Waals surface area contributed by atoms with Gasteiger partial charge in [-0.25, -0.2) is 0 Å². The van der Waals surface area contributed by atoms with Crippen LogP contribution in [0.3, 0.4) is 0 Å². The van der Waals surface area contributed by atoms with Crippen molar-refractivity contribution in [1.82, 2.24) is 19.7 Å². The molecule has 0 aliphatic carbocycles. The second kappa shape index (κ2) is 8.30. The number of aliphatic hydroxyl groups is 1. The fraction of sp³-hybridized carbons (Fsp3) is 0.250. The van der Waals surface area contributed by atoms with E-state index in [4.69, 9.17) is 4.74 Å². The predicted octanol–water partition coefficient (Wildman–Crippen LogP) is 3.06. The van der Waals surface area contributed by atoms with Crippen molar-refractivity contribution in [2.45, 2.75) is 26.4 Å². The summed E-state index contributed by atoms with van der Waals surface area (Å²) < 4.78 is 6.99. The average Bonchev–Trinajstić information content (AvgIpc) is 3.20. The first-order valence-electron chi connectivity index (χ1n) is 10.1. The Kier molecular flexibility index (Phi) is 5.52. The number of aromatic nitrogens is 3. The van der Waals surface area contributed by atoms with Gasteiger partial charge in [0.25, 0.3) is 11.7 Å². The van der Waals surface area contributed by atoms with Crippen molar-refractivity contribution < 1.29 is 19.4 Å². The van der Waals surface area contributed by atoms with Gasteiger partial charge in [0.15, 0.2) is 0 Å². The molecule has 3 heterocycles. The Balaban J connectivity index is 1.92. The summed E-state index contributed by atoms with van der Waals surface area (Å²) in [6.45, 7) is 3.73. The van der Waals surface area contributed by atoms with Crippen LogP contribution in [0, 0.1) is 13.8 Å². The monoisotopic (exact) mass is 432 g/mol. The molecular weight excluding hydrogens is 408 g/mol. The Morgan fingerprint density at radius 3 is 2.59 bits per heavy atom. The minimum absolute atomic E-state index is 0.0337. The highest BCUT2D eigenvalue weighted by Gasteiger charge is 2.46. The van der Waals surface area contributed by atoms with E-state index in [2.05, 4.69) is 10.1 Å². The number of likely N-dealkylation sites (tertiary alicyclic amines) is 1. The van der Waals surface area contributed by atoms with Gasteiger partial charge >= 0.3 is 0 Å². The highest BCUT2D eigenvalue weighted by atomic mass is 16.5. The first-order chi connectivity index (χ1) is 15.3. The van der Waals surface area contributed by atoms with Crippen LogP contribution in [-0.4, -0.2) is 43.6 Å². The fourth-order valence-electron chi connectivity index (χ4n) is 4.14. The number of rotatable bonds is 5. The van der Waals surface area contributed by atoms with Crippen molar-refractivity contribution in [3.63, 3.8) is 0 Å². The van der Waals surface area contributed by atoms with Gasteiger partial charge in [-0.3, -0.25) is 19.3 Å². The van der Waals surface area contributed by atoms with Crippen LogP contribution in [0.25, 0.3) is 5.76 Å². The van der Waals surface area contributed by atoms with Crippen LogP contribution in [0.15, 0.2) is 54.4 Å². The molecule has 1 unspecified atom stereocenters. The van der Waals surface area contributed by atoms with Crippen LogP contribution in [0.4, 0.5) is 0 Å². The van der Waals surface area contributed by atoms with Crippen molar-refractivity contribution in [3.8, 4) is 5.75 Å². The molecule has 1 atom stereocenters. The van der Waals surface area contributed by atoms with E-state index in [1.165, 1.54) is 4.90 Å². The minimum Gasteiger partial charge on any atom is -0.507 e. The highest BCUT2D eigenvalue weighted by molar-refractivity contribution is 6.46. The fourth-order valence-corrected chi connectivity index (χ4v) is 4.14. The zero-order valence-corrected chi connectivity index (χ0v) is 18.4. The van der Waals surface area contributed by atoms with Gasteiger partial charge in [-0.05, 0) is 43.2 Å². The summed E-state index contributed by atoms with van der Waals surface area (Å²) in [5.41, 5.74) is 3.20. The summed E-state index contributed by atoms with van der Waals surface area (Å²) in [6.07, 6.45) is 3.29. The van der Waals surface area contributed by atoms with Gasteiger partial charge in [-0.15, -0.1) is 0 Å². The van der Waals surface area contributed by atoms with Crippen molar-refractivity contribution in [1.29, 1.82) is 0 Å². The summed E-state index contributed by atoms with van der Waals surface area (Å²) in [5.74, 6) is -1.06. The number of hydrogen-bond donors (Lipinski definition) is 1. The molecule has 1 saturated heterocycles. The number of amides is 1. The van der Waals surface area contributed by atoms with E-state index in [0.717, 1.165) is 5.56 Å². The normalized spacial score (nSPS) is 17.8. The van der Waals surface area contributed by atoms with E-state index >= 15 is 0 Å². The Labute approximate surface area is 185 Å². The molecule has 164 valence electrons. The lowest BCUT2D eigenvalue weighted by Gasteiger charge is -2.25. The number of carbonyl (C=O) groups excluding carboxylic acids is 2. The number of benzene rings is 1. The Bertz CT molecular complexity index is 1230. The molecule has 8 nitrogen and oxygen atoms in total. The largest absolute Gasteiger partial charge is 0.507 e.